The van der Waals surface area contributed by atoms with Crippen molar-refractivity contribution in [3.05, 3.63) is 39.7 Å². The zero-order chi connectivity index (χ0) is 14.4. The van der Waals surface area contributed by atoms with E-state index in [0.717, 1.165) is 37.3 Å². The molecule has 8 heteroatoms. The molecule has 0 spiro atoms. The van der Waals surface area contributed by atoms with Crippen LogP contribution in [0.3, 0.4) is 0 Å². The third-order valence-corrected chi connectivity index (χ3v) is 3.67. The summed E-state index contributed by atoms with van der Waals surface area (Å²) in [5, 5.41) is 23.5. The fourth-order valence-electron chi connectivity index (χ4n) is 2.24. The number of furan rings is 1. The van der Waals surface area contributed by atoms with Crippen LogP contribution in [-0.2, 0) is 0 Å². The maximum atomic E-state index is 10.6. The number of aromatic nitrogens is 3. The number of hydrogen-bond acceptors (Lipinski definition) is 6. The highest BCUT2D eigenvalue weighted by Gasteiger charge is 2.35. The largest absolute Gasteiger partial charge is 0.433 e. The molecule has 8 nitrogen and oxygen atoms in total. The Balaban J connectivity index is 1.64. The van der Waals surface area contributed by atoms with Crippen LogP contribution in [0.15, 0.2) is 21.7 Å². The second-order valence-electron chi connectivity index (χ2n) is 5.45. The van der Waals surface area contributed by atoms with Gasteiger partial charge in [-0.1, -0.05) is 0 Å². The molecule has 2 aromatic heterocycles. The lowest BCUT2D eigenvalue weighted by atomic mass is 10.4. The summed E-state index contributed by atoms with van der Waals surface area (Å²) in [6, 6.07) is 2.84. The number of nitro groups is 1. The van der Waals surface area contributed by atoms with Crippen molar-refractivity contribution in [3.8, 4) is 0 Å². The van der Waals surface area contributed by atoms with Crippen molar-refractivity contribution in [2.75, 3.05) is 0 Å². The first-order chi connectivity index (χ1) is 10.2. The van der Waals surface area contributed by atoms with Crippen LogP contribution in [0.5, 0.6) is 0 Å². The average molecular weight is 287 g/mol. The lowest BCUT2D eigenvalue weighted by Gasteiger charge is -2.01. The van der Waals surface area contributed by atoms with Crippen LogP contribution in [0.1, 0.15) is 54.9 Å². The lowest BCUT2D eigenvalue weighted by Crippen LogP contribution is -2.01. The second-order valence-corrected chi connectivity index (χ2v) is 5.45. The van der Waals surface area contributed by atoms with Crippen molar-refractivity contribution in [2.45, 2.75) is 37.5 Å². The quantitative estimate of drug-likeness (QED) is 0.477. The molecule has 0 radical (unpaired) electrons. The summed E-state index contributed by atoms with van der Waals surface area (Å²) >= 11 is 0. The lowest BCUT2D eigenvalue weighted by molar-refractivity contribution is -0.402. The van der Waals surface area contributed by atoms with Crippen LogP contribution < -0.4 is 0 Å². The second kappa shape index (κ2) is 4.51. The molecule has 2 heterocycles. The molecule has 0 aliphatic heterocycles. The van der Waals surface area contributed by atoms with Crippen LogP contribution in [0.4, 0.5) is 5.88 Å². The van der Waals surface area contributed by atoms with Gasteiger partial charge in [0.25, 0.3) is 0 Å². The van der Waals surface area contributed by atoms with E-state index in [2.05, 4.69) is 15.3 Å². The predicted molar refractivity (Wildman–Crippen MR) is 72.3 cm³/mol. The summed E-state index contributed by atoms with van der Waals surface area (Å²) in [5.74, 6) is 2.70. The monoisotopic (exact) mass is 287 g/mol. The highest BCUT2D eigenvalue weighted by molar-refractivity contribution is 5.76. The van der Waals surface area contributed by atoms with Gasteiger partial charge in [-0.05, 0) is 31.7 Å². The molecular weight excluding hydrogens is 274 g/mol. The number of rotatable bonds is 5. The third kappa shape index (κ3) is 2.32. The minimum atomic E-state index is -0.568. The minimum Gasteiger partial charge on any atom is -0.400 e. The van der Waals surface area contributed by atoms with Gasteiger partial charge in [0.1, 0.15) is 4.92 Å². The van der Waals surface area contributed by atoms with E-state index in [1.54, 1.807) is 4.68 Å². The van der Waals surface area contributed by atoms with E-state index in [1.165, 1.54) is 18.3 Å². The van der Waals surface area contributed by atoms with Crippen molar-refractivity contribution < 1.29 is 9.34 Å². The first-order valence-electron chi connectivity index (χ1n) is 6.96. The van der Waals surface area contributed by atoms with Gasteiger partial charge in [-0.25, -0.2) is 4.68 Å². The highest BCUT2D eigenvalue weighted by Crippen LogP contribution is 2.43. The van der Waals surface area contributed by atoms with Gasteiger partial charge in [0.15, 0.2) is 17.4 Å². The molecule has 2 aliphatic rings. The first kappa shape index (κ1) is 12.2. The molecule has 2 fully saturated rings. The van der Waals surface area contributed by atoms with E-state index in [4.69, 9.17) is 4.42 Å². The highest BCUT2D eigenvalue weighted by atomic mass is 16.6. The Labute approximate surface area is 119 Å². The van der Waals surface area contributed by atoms with E-state index in [-0.39, 0.29) is 5.88 Å². The molecular formula is C13H13N5O3. The first-order valence-corrected chi connectivity index (χ1v) is 6.96. The molecule has 2 aliphatic carbocycles. The van der Waals surface area contributed by atoms with Crippen LogP contribution in [0, 0.1) is 10.1 Å². The van der Waals surface area contributed by atoms with E-state index in [0.29, 0.717) is 17.6 Å². The van der Waals surface area contributed by atoms with Gasteiger partial charge >= 0.3 is 5.88 Å². The summed E-state index contributed by atoms with van der Waals surface area (Å²) in [5.41, 5.74) is 0. The van der Waals surface area contributed by atoms with Gasteiger partial charge in [0.2, 0.25) is 0 Å². The molecule has 108 valence electrons. The Kier molecular flexibility index (Phi) is 2.63. The van der Waals surface area contributed by atoms with Gasteiger partial charge in [-0.3, -0.25) is 10.1 Å². The Morgan fingerprint density at radius 2 is 1.86 bits per heavy atom. The standard InChI is InChI=1S/C13H13N5O3/c19-18(20)11-6-5-10(21-11)7-14-17-12(8-1-2-8)15-16-13(17)9-3-4-9/h5-9H,1-4H2/b14-7+. The fraction of sp³-hybridized carbons (Fsp3) is 0.462. The van der Waals surface area contributed by atoms with Gasteiger partial charge in [0.05, 0.1) is 12.3 Å². The van der Waals surface area contributed by atoms with E-state index < -0.39 is 4.92 Å². The SMILES string of the molecule is O=[N+]([O-])c1ccc(/C=N/n2c(C3CC3)nnc2C2CC2)o1. The molecule has 0 atom stereocenters. The molecule has 4 rings (SSSR count). The summed E-state index contributed by atoms with van der Waals surface area (Å²) in [7, 11) is 0. The van der Waals surface area contributed by atoms with Crippen molar-refractivity contribution in [1.82, 2.24) is 14.9 Å². The Morgan fingerprint density at radius 3 is 2.33 bits per heavy atom. The zero-order valence-corrected chi connectivity index (χ0v) is 11.2. The topological polar surface area (TPSA) is 99.3 Å². The predicted octanol–water partition coefficient (Wildman–Crippen LogP) is 2.42. The molecule has 2 aromatic rings. The molecule has 0 amide bonds. The van der Waals surface area contributed by atoms with Crippen molar-refractivity contribution in [2.24, 2.45) is 5.10 Å². The normalized spacial score (nSPS) is 18.5. The maximum absolute atomic E-state index is 10.6. The fourth-order valence-corrected chi connectivity index (χ4v) is 2.24. The van der Waals surface area contributed by atoms with Gasteiger partial charge < -0.3 is 4.42 Å². The average Bonchev–Trinajstić information content (AvgIpc) is 3.39. The smallest absolute Gasteiger partial charge is 0.400 e. The van der Waals surface area contributed by atoms with E-state index in [1.807, 2.05) is 0 Å². The summed E-state index contributed by atoms with van der Waals surface area (Å²) in [6.45, 7) is 0. The molecule has 0 bridgehead atoms. The Hall–Kier alpha value is -2.51. The minimum absolute atomic E-state index is 0.287. The summed E-state index contributed by atoms with van der Waals surface area (Å²) in [6.07, 6.45) is 5.94. The van der Waals surface area contributed by atoms with Crippen LogP contribution in [-0.4, -0.2) is 26.0 Å². The van der Waals surface area contributed by atoms with Gasteiger partial charge in [-0.2, -0.15) is 5.10 Å². The molecule has 21 heavy (non-hydrogen) atoms. The van der Waals surface area contributed by atoms with Gasteiger partial charge in [0, 0.05) is 11.8 Å². The molecule has 0 saturated heterocycles. The summed E-state index contributed by atoms with van der Waals surface area (Å²) in [4.78, 5) is 10.0. The van der Waals surface area contributed by atoms with Crippen LogP contribution in [0.2, 0.25) is 0 Å². The van der Waals surface area contributed by atoms with Crippen molar-refractivity contribution in [3.63, 3.8) is 0 Å². The molecule has 2 saturated carbocycles. The number of hydrogen-bond donors (Lipinski definition) is 0. The molecule has 0 unspecified atom stereocenters. The van der Waals surface area contributed by atoms with Gasteiger partial charge in [-0.15, -0.1) is 10.2 Å². The Morgan fingerprint density at radius 1 is 1.24 bits per heavy atom. The zero-order valence-electron chi connectivity index (χ0n) is 11.2. The molecule has 0 N–H and O–H groups in total. The van der Waals surface area contributed by atoms with Crippen LogP contribution >= 0.6 is 0 Å². The third-order valence-electron chi connectivity index (χ3n) is 3.67. The Bertz CT molecular complexity index is 694. The van der Waals surface area contributed by atoms with Crippen molar-refractivity contribution >= 4 is 12.1 Å². The number of nitrogens with zero attached hydrogens (tertiary/aromatic N) is 5. The van der Waals surface area contributed by atoms with E-state index in [9.17, 15) is 10.1 Å². The van der Waals surface area contributed by atoms with Crippen molar-refractivity contribution in [1.29, 1.82) is 0 Å². The molecule has 0 aromatic carbocycles. The van der Waals surface area contributed by atoms with E-state index >= 15 is 0 Å². The summed E-state index contributed by atoms with van der Waals surface area (Å²) < 4.78 is 6.85. The maximum Gasteiger partial charge on any atom is 0.433 e. The van der Waals surface area contributed by atoms with Crippen LogP contribution in [0.25, 0.3) is 0 Å².